The first-order valence-corrected chi connectivity index (χ1v) is 5.49. The summed E-state index contributed by atoms with van der Waals surface area (Å²) in [4.78, 5) is 4.10. The summed E-state index contributed by atoms with van der Waals surface area (Å²) >= 11 is 0. The molecule has 0 saturated carbocycles. The highest BCUT2D eigenvalue weighted by atomic mass is 16.5. The lowest BCUT2D eigenvalue weighted by Gasteiger charge is -2.08. The Labute approximate surface area is 96.2 Å². The molecule has 1 aromatic heterocycles. The van der Waals surface area contributed by atoms with Crippen LogP contribution in [0.5, 0.6) is 5.88 Å². The molecule has 0 unspecified atom stereocenters. The summed E-state index contributed by atoms with van der Waals surface area (Å²) in [7, 11) is 0. The molecule has 0 aliphatic heterocycles. The van der Waals surface area contributed by atoms with Gasteiger partial charge in [0.25, 0.3) is 0 Å². The Bertz CT molecular complexity index is 302. The van der Waals surface area contributed by atoms with Crippen LogP contribution in [0.4, 0.5) is 0 Å². The molecule has 0 aliphatic rings. The fourth-order valence-electron chi connectivity index (χ4n) is 1.15. The van der Waals surface area contributed by atoms with Gasteiger partial charge in [-0.15, -0.1) is 0 Å². The number of rotatable bonds is 7. The van der Waals surface area contributed by atoms with Crippen molar-refractivity contribution in [2.24, 2.45) is 5.92 Å². The third-order valence-electron chi connectivity index (χ3n) is 1.87. The lowest BCUT2D eigenvalue weighted by atomic mass is 10.2. The quantitative estimate of drug-likeness (QED) is 0.716. The minimum absolute atomic E-state index is 0.0684. The van der Waals surface area contributed by atoms with Crippen molar-refractivity contribution in [1.82, 2.24) is 4.98 Å². The third-order valence-corrected chi connectivity index (χ3v) is 1.87. The van der Waals surface area contributed by atoms with Crippen LogP contribution in [0, 0.1) is 5.92 Å². The average Bonchev–Trinajstić information content (AvgIpc) is 2.28. The maximum atomic E-state index is 8.89. The van der Waals surface area contributed by atoms with Gasteiger partial charge in [0, 0.05) is 12.7 Å². The molecule has 4 heteroatoms. The van der Waals surface area contributed by atoms with Gasteiger partial charge in [-0.1, -0.05) is 19.9 Å². The number of aliphatic hydroxyl groups is 1. The predicted molar refractivity (Wildman–Crippen MR) is 61.3 cm³/mol. The molecule has 4 nitrogen and oxygen atoms in total. The van der Waals surface area contributed by atoms with Crippen LogP contribution in [0.25, 0.3) is 0 Å². The summed E-state index contributed by atoms with van der Waals surface area (Å²) in [5.74, 6) is 1.07. The number of aliphatic hydroxyl groups excluding tert-OH is 1. The van der Waals surface area contributed by atoms with Crippen LogP contribution >= 0.6 is 0 Å². The van der Waals surface area contributed by atoms with Gasteiger partial charge in [0.1, 0.15) is 6.61 Å². The largest absolute Gasteiger partial charge is 0.475 e. The number of hydrogen-bond acceptors (Lipinski definition) is 4. The second-order valence-electron chi connectivity index (χ2n) is 3.94. The lowest BCUT2D eigenvalue weighted by Crippen LogP contribution is -2.10. The van der Waals surface area contributed by atoms with E-state index < -0.39 is 0 Å². The molecular weight excluding hydrogens is 206 g/mol. The number of ether oxygens (including phenoxy) is 2. The van der Waals surface area contributed by atoms with Crippen molar-refractivity contribution in [3.63, 3.8) is 0 Å². The van der Waals surface area contributed by atoms with Crippen LogP contribution < -0.4 is 4.74 Å². The highest BCUT2D eigenvalue weighted by molar-refractivity contribution is 5.15. The van der Waals surface area contributed by atoms with Gasteiger partial charge in [0.2, 0.25) is 5.88 Å². The van der Waals surface area contributed by atoms with Crippen LogP contribution in [-0.4, -0.2) is 29.9 Å². The summed E-state index contributed by atoms with van der Waals surface area (Å²) < 4.78 is 10.8. The Hall–Kier alpha value is -1.13. The zero-order valence-electron chi connectivity index (χ0n) is 9.85. The summed E-state index contributed by atoms with van der Waals surface area (Å²) in [5, 5.41) is 8.89. The van der Waals surface area contributed by atoms with E-state index >= 15 is 0 Å². The second-order valence-corrected chi connectivity index (χ2v) is 3.94. The van der Waals surface area contributed by atoms with Gasteiger partial charge >= 0.3 is 0 Å². The van der Waals surface area contributed by atoms with Gasteiger partial charge in [0.15, 0.2) is 0 Å². The van der Waals surface area contributed by atoms with Crippen LogP contribution in [0.3, 0.4) is 0 Å². The molecule has 0 spiro atoms. The van der Waals surface area contributed by atoms with Crippen molar-refractivity contribution in [3.8, 4) is 5.88 Å². The fraction of sp³-hybridized carbons (Fsp3) is 0.583. The molecule has 0 aliphatic carbocycles. The molecule has 1 heterocycles. The van der Waals surface area contributed by atoms with Crippen molar-refractivity contribution in [2.45, 2.75) is 20.5 Å². The van der Waals surface area contributed by atoms with Gasteiger partial charge in [0.05, 0.1) is 18.9 Å². The zero-order chi connectivity index (χ0) is 11.8. The summed E-state index contributed by atoms with van der Waals surface area (Å²) in [6.45, 7) is 5.92. The molecule has 1 N–H and O–H groups in total. The first-order chi connectivity index (χ1) is 7.72. The van der Waals surface area contributed by atoms with E-state index in [1.807, 2.05) is 6.07 Å². The van der Waals surface area contributed by atoms with Crippen molar-refractivity contribution in [2.75, 3.05) is 19.8 Å². The Morgan fingerprint density at radius 3 is 2.81 bits per heavy atom. The van der Waals surface area contributed by atoms with E-state index in [0.29, 0.717) is 30.7 Å². The van der Waals surface area contributed by atoms with Crippen LogP contribution in [0.1, 0.15) is 19.5 Å². The average molecular weight is 225 g/mol. The molecule has 0 bridgehead atoms. The number of aromatic nitrogens is 1. The fourth-order valence-corrected chi connectivity index (χ4v) is 1.15. The second kappa shape index (κ2) is 7.19. The van der Waals surface area contributed by atoms with E-state index in [0.717, 1.165) is 6.61 Å². The van der Waals surface area contributed by atoms with E-state index in [9.17, 15) is 0 Å². The lowest BCUT2D eigenvalue weighted by molar-refractivity contribution is 0.0804. The molecule has 90 valence electrons. The standard InChI is InChI=1S/C12H19NO3/c1-10(2)9-15-6-7-16-12-5-3-4-11(8-14)13-12/h3-5,10,14H,6-9H2,1-2H3. The van der Waals surface area contributed by atoms with Gasteiger partial charge in [-0.05, 0) is 12.0 Å². The Balaban J connectivity index is 2.21. The normalized spacial score (nSPS) is 10.8. The molecule has 0 atom stereocenters. The van der Waals surface area contributed by atoms with Crippen molar-refractivity contribution in [3.05, 3.63) is 23.9 Å². The number of hydrogen-bond donors (Lipinski definition) is 1. The van der Waals surface area contributed by atoms with Gasteiger partial charge in [-0.3, -0.25) is 0 Å². The maximum absolute atomic E-state index is 8.89. The minimum atomic E-state index is -0.0684. The molecule has 0 amide bonds. The molecule has 1 aromatic rings. The molecule has 16 heavy (non-hydrogen) atoms. The molecule has 1 rings (SSSR count). The van der Waals surface area contributed by atoms with E-state index in [1.165, 1.54) is 0 Å². The highest BCUT2D eigenvalue weighted by Gasteiger charge is 1.98. The zero-order valence-corrected chi connectivity index (χ0v) is 9.85. The number of pyridine rings is 1. The maximum Gasteiger partial charge on any atom is 0.213 e. The van der Waals surface area contributed by atoms with Crippen LogP contribution in [-0.2, 0) is 11.3 Å². The van der Waals surface area contributed by atoms with E-state index in [4.69, 9.17) is 14.6 Å². The third kappa shape index (κ3) is 5.09. The molecule has 0 aromatic carbocycles. The monoisotopic (exact) mass is 225 g/mol. The van der Waals surface area contributed by atoms with Gasteiger partial charge in [-0.2, -0.15) is 0 Å². The first kappa shape index (κ1) is 12.9. The molecule has 0 radical (unpaired) electrons. The van der Waals surface area contributed by atoms with Gasteiger partial charge in [-0.25, -0.2) is 4.98 Å². The van der Waals surface area contributed by atoms with E-state index in [2.05, 4.69) is 18.8 Å². The van der Waals surface area contributed by atoms with E-state index in [-0.39, 0.29) is 6.61 Å². The summed E-state index contributed by atoms with van der Waals surface area (Å²) in [6.07, 6.45) is 0. The summed E-state index contributed by atoms with van der Waals surface area (Å²) in [6, 6.07) is 5.33. The Morgan fingerprint density at radius 2 is 2.12 bits per heavy atom. The Kier molecular flexibility index (Phi) is 5.82. The minimum Gasteiger partial charge on any atom is -0.475 e. The number of nitrogens with zero attached hydrogens (tertiary/aromatic N) is 1. The van der Waals surface area contributed by atoms with E-state index in [1.54, 1.807) is 12.1 Å². The molecule has 0 saturated heterocycles. The van der Waals surface area contributed by atoms with Gasteiger partial charge < -0.3 is 14.6 Å². The van der Waals surface area contributed by atoms with Crippen LogP contribution in [0.15, 0.2) is 18.2 Å². The van der Waals surface area contributed by atoms with Crippen molar-refractivity contribution >= 4 is 0 Å². The van der Waals surface area contributed by atoms with Crippen molar-refractivity contribution in [1.29, 1.82) is 0 Å². The Morgan fingerprint density at radius 1 is 1.31 bits per heavy atom. The smallest absolute Gasteiger partial charge is 0.213 e. The highest BCUT2D eigenvalue weighted by Crippen LogP contribution is 2.07. The SMILES string of the molecule is CC(C)COCCOc1cccc(CO)n1. The van der Waals surface area contributed by atoms with Crippen LogP contribution in [0.2, 0.25) is 0 Å². The predicted octanol–water partition coefficient (Wildman–Crippen LogP) is 1.63. The van der Waals surface area contributed by atoms with Crippen molar-refractivity contribution < 1.29 is 14.6 Å². The first-order valence-electron chi connectivity index (χ1n) is 5.49. The topological polar surface area (TPSA) is 51.6 Å². The summed E-state index contributed by atoms with van der Waals surface area (Å²) in [5.41, 5.74) is 0.612. The molecule has 0 fully saturated rings. The molecular formula is C12H19NO3.